The van der Waals surface area contributed by atoms with Crippen LogP contribution in [0.15, 0.2) is 76.5 Å². The van der Waals surface area contributed by atoms with Crippen molar-refractivity contribution in [3.63, 3.8) is 0 Å². The molecule has 13 heteroatoms. The first-order valence-corrected chi connectivity index (χ1v) is 15.0. The minimum atomic E-state index is -5.15. The second kappa shape index (κ2) is 8.88. The Hall–Kier alpha value is -3.03. The van der Waals surface area contributed by atoms with Gasteiger partial charge < -0.3 is 0 Å². The standard InChI is InChI=1S/C22H20F2N2O6S3/c1-33(27,28)25-14-6-7-16-12-13-17(15-20(16)25)26(34(29,30)21-10-4-2-8-18(21)23)35(31,32)22-11-5-3-9-19(22)24/h2-5,8-13,15H,6-7,14H2,1H3. The zero-order valence-corrected chi connectivity index (χ0v) is 20.7. The summed E-state index contributed by atoms with van der Waals surface area (Å²) in [6, 6.07) is 12.0. The first-order chi connectivity index (χ1) is 16.3. The van der Waals surface area contributed by atoms with Crippen LogP contribution >= 0.6 is 0 Å². The van der Waals surface area contributed by atoms with E-state index in [1.807, 2.05) is 0 Å². The van der Waals surface area contributed by atoms with Gasteiger partial charge in [-0.05, 0) is 54.8 Å². The monoisotopic (exact) mass is 542 g/mol. The summed E-state index contributed by atoms with van der Waals surface area (Å²) in [5.41, 5.74) is 0.150. The van der Waals surface area contributed by atoms with Crippen LogP contribution in [-0.4, -0.2) is 38.1 Å². The third kappa shape index (κ3) is 4.50. The van der Waals surface area contributed by atoms with Gasteiger partial charge in [0.05, 0.1) is 17.6 Å². The van der Waals surface area contributed by atoms with E-state index in [0.717, 1.165) is 40.9 Å². The Morgan fingerprint density at radius 3 is 1.77 bits per heavy atom. The smallest absolute Gasteiger partial charge is 0.270 e. The fourth-order valence-corrected chi connectivity index (χ4v) is 8.65. The Labute approximate surface area is 202 Å². The fourth-order valence-electron chi connectivity index (χ4n) is 3.88. The van der Waals surface area contributed by atoms with Gasteiger partial charge in [0.15, 0.2) is 0 Å². The third-order valence-electron chi connectivity index (χ3n) is 5.42. The molecule has 0 atom stereocenters. The quantitative estimate of drug-likeness (QED) is 0.473. The molecule has 1 aliphatic heterocycles. The summed E-state index contributed by atoms with van der Waals surface area (Å²) in [7, 11) is -14.1. The fraction of sp³-hybridized carbons (Fsp3) is 0.182. The van der Waals surface area contributed by atoms with Gasteiger partial charge in [-0.25, -0.2) is 17.2 Å². The van der Waals surface area contributed by atoms with Crippen molar-refractivity contribution in [3.05, 3.63) is 83.9 Å². The molecule has 0 unspecified atom stereocenters. The van der Waals surface area contributed by atoms with Crippen molar-refractivity contribution in [1.29, 1.82) is 0 Å². The average Bonchev–Trinajstić information content (AvgIpc) is 2.78. The predicted molar refractivity (Wildman–Crippen MR) is 127 cm³/mol. The molecule has 0 amide bonds. The van der Waals surface area contributed by atoms with Crippen molar-refractivity contribution in [2.75, 3.05) is 20.8 Å². The SMILES string of the molecule is CS(=O)(=O)N1CCCc2ccc(N(S(=O)(=O)c3ccccc3F)S(=O)(=O)c3ccccc3F)cc21. The molecule has 1 heterocycles. The highest BCUT2D eigenvalue weighted by Gasteiger charge is 2.40. The molecule has 186 valence electrons. The molecule has 4 rings (SSSR count). The van der Waals surface area contributed by atoms with Crippen molar-refractivity contribution in [3.8, 4) is 0 Å². The van der Waals surface area contributed by atoms with E-state index in [-0.39, 0.29) is 15.9 Å². The van der Waals surface area contributed by atoms with Crippen LogP contribution in [0.2, 0.25) is 0 Å². The van der Waals surface area contributed by atoms with Crippen LogP contribution in [0, 0.1) is 11.6 Å². The topological polar surface area (TPSA) is 109 Å². The normalized spacial score (nSPS) is 14.4. The van der Waals surface area contributed by atoms with Gasteiger partial charge in [0, 0.05) is 6.54 Å². The Morgan fingerprint density at radius 2 is 1.29 bits per heavy atom. The van der Waals surface area contributed by atoms with Crippen molar-refractivity contribution in [2.45, 2.75) is 22.6 Å². The molecule has 0 aromatic heterocycles. The summed E-state index contributed by atoms with van der Waals surface area (Å²) >= 11 is 0. The first-order valence-electron chi connectivity index (χ1n) is 10.3. The lowest BCUT2D eigenvalue weighted by atomic mass is 10.0. The van der Waals surface area contributed by atoms with E-state index in [1.165, 1.54) is 36.4 Å². The molecule has 3 aromatic rings. The van der Waals surface area contributed by atoms with Gasteiger partial charge in [0.1, 0.15) is 21.4 Å². The number of fused-ring (bicyclic) bond motifs is 1. The lowest BCUT2D eigenvalue weighted by molar-refractivity contribution is 0.559. The van der Waals surface area contributed by atoms with Crippen LogP contribution in [0.25, 0.3) is 0 Å². The highest BCUT2D eigenvalue weighted by Crippen LogP contribution is 2.38. The molecule has 3 aromatic carbocycles. The van der Waals surface area contributed by atoms with Gasteiger partial charge in [0.2, 0.25) is 10.0 Å². The van der Waals surface area contributed by atoms with E-state index in [9.17, 15) is 34.0 Å². The summed E-state index contributed by atoms with van der Waals surface area (Å²) in [5.74, 6) is -2.42. The predicted octanol–water partition coefficient (Wildman–Crippen LogP) is 3.26. The van der Waals surface area contributed by atoms with Gasteiger partial charge in [-0.1, -0.05) is 30.3 Å². The molecule has 0 N–H and O–H groups in total. The molecule has 1 aliphatic rings. The van der Waals surface area contributed by atoms with Gasteiger partial charge in [0.25, 0.3) is 20.0 Å². The summed E-state index contributed by atoms with van der Waals surface area (Å²) in [5, 5.41) is 0. The van der Waals surface area contributed by atoms with E-state index in [2.05, 4.69) is 0 Å². The van der Waals surface area contributed by atoms with Gasteiger partial charge >= 0.3 is 0 Å². The second-order valence-electron chi connectivity index (χ2n) is 7.82. The lowest BCUT2D eigenvalue weighted by Crippen LogP contribution is -2.39. The van der Waals surface area contributed by atoms with Crippen LogP contribution in [-0.2, 0) is 36.5 Å². The molecule has 0 fully saturated rings. The third-order valence-corrected chi connectivity index (χ3v) is 10.8. The van der Waals surface area contributed by atoms with Crippen LogP contribution in [0.5, 0.6) is 0 Å². The summed E-state index contributed by atoms with van der Waals surface area (Å²) in [6.45, 7) is 0.107. The van der Waals surface area contributed by atoms with Gasteiger partial charge in [-0.2, -0.15) is 20.5 Å². The lowest BCUT2D eigenvalue weighted by Gasteiger charge is -2.31. The van der Waals surface area contributed by atoms with Gasteiger partial charge in [-0.3, -0.25) is 4.31 Å². The molecule has 35 heavy (non-hydrogen) atoms. The molecule has 0 radical (unpaired) electrons. The number of hydrogen-bond acceptors (Lipinski definition) is 6. The number of halogens is 2. The maximum Gasteiger partial charge on any atom is 0.280 e. The van der Waals surface area contributed by atoms with Crippen molar-refractivity contribution < 1.29 is 34.0 Å². The maximum atomic E-state index is 14.6. The average molecular weight is 543 g/mol. The number of rotatable bonds is 6. The zero-order valence-electron chi connectivity index (χ0n) is 18.3. The summed E-state index contributed by atoms with van der Waals surface area (Å²) < 4.78 is 109. The number of benzene rings is 3. The van der Waals surface area contributed by atoms with Crippen molar-refractivity contribution in [2.24, 2.45) is 0 Å². The highest BCUT2D eigenvalue weighted by molar-refractivity contribution is 8.10. The highest BCUT2D eigenvalue weighted by atomic mass is 32.3. The minimum Gasteiger partial charge on any atom is -0.270 e. The Balaban J connectivity index is 2.02. The molecule has 0 saturated carbocycles. The number of anilines is 2. The Morgan fingerprint density at radius 1 is 0.771 bits per heavy atom. The number of hydrogen-bond donors (Lipinski definition) is 0. The summed E-state index contributed by atoms with van der Waals surface area (Å²) in [4.78, 5) is -1.89. The van der Waals surface area contributed by atoms with E-state index in [1.54, 1.807) is 0 Å². The zero-order chi connectivity index (χ0) is 25.6. The molecule has 0 spiro atoms. The molecular weight excluding hydrogens is 522 g/mol. The van der Waals surface area contributed by atoms with E-state index < -0.39 is 57.2 Å². The Bertz CT molecular complexity index is 1550. The number of aryl methyl sites for hydroxylation is 1. The second-order valence-corrected chi connectivity index (χ2v) is 13.5. The van der Waals surface area contributed by atoms with Crippen LogP contribution in [0.4, 0.5) is 20.2 Å². The molecule has 0 saturated heterocycles. The Kier molecular flexibility index (Phi) is 6.36. The molecule has 8 nitrogen and oxygen atoms in total. The number of sulfonamides is 3. The molecule has 0 aliphatic carbocycles. The van der Waals surface area contributed by atoms with Crippen LogP contribution < -0.4 is 8.02 Å². The van der Waals surface area contributed by atoms with E-state index in [0.29, 0.717) is 18.4 Å². The van der Waals surface area contributed by atoms with Crippen molar-refractivity contribution in [1.82, 2.24) is 0 Å². The number of nitrogens with zero attached hydrogens (tertiary/aromatic N) is 2. The maximum absolute atomic E-state index is 14.6. The van der Waals surface area contributed by atoms with Gasteiger partial charge in [-0.15, -0.1) is 0 Å². The van der Waals surface area contributed by atoms with E-state index >= 15 is 0 Å². The first kappa shape index (κ1) is 25.1. The molecule has 0 bridgehead atoms. The minimum absolute atomic E-state index is 0.0633. The molecular formula is C22H20F2N2O6S3. The summed E-state index contributed by atoms with van der Waals surface area (Å²) in [6.07, 6.45) is 1.95. The van der Waals surface area contributed by atoms with Crippen molar-refractivity contribution >= 4 is 41.4 Å². The van der Waals surface area contributed by atoms with E-state index in [4.69, 9.17) is 0 Å². The van der Waals surface area contributed by atoms with Crippen LogP contribution in [0.1, 0.15) is 12.0 Å². The van der Waals surface area contributed by atoms with Crippen LogP contribution in [0.3, 0.4) is 0 Å². The largest absolute Gasteiger partial charge is 0.280 e.